The molecule has 0 aromatic heterocycles. The van der Waals surface area contributed by atoms with Crippen LogP contribution in [0.15, 0.2) is 48.2 Å². The Morgan fingerprint density at radius 3 is 2.60 bits per heavy atom. The predicted octanol–water partition coefficient (Wildman–Crippen LogP) is 5.99. The van der Waals surface area contributed by atoms with E-state index in [0.717, 1.165) is 23.3 Å². The molecule has 4 bridgehead atoms. The van der Waals surface area contributed by atoms with Gasteiger partial charge in [0.1, 0.15) is 40.7 Å². The molecule has 3 aliphatic heterocycles. The average molecular weight is 778 g/mol. The van der Waals surface area contributed by atoms with Crippen molar-refractivity contribution >= 4 is 47.9 Å². The van der Waals surface area contributed by atoms with Gasteiger partial charge in [0.05, 0.1) is 25.3 Å². The minimum absolute atomic E-state index is 0.0231. The second-order valence-electron chi connectivity index (χ2n) is 15.4. The number of nitrogens with zero attached hydrogens (tertiary/aromatic N) is 2. The van der Waals surface area contributed by atoms with Gasteiger partial charge in [-0.15, -0.1) is 0 Å². The van der Waals surface area contributed by atoms with Crippen LogP contribution in [0.2, 0.25) is 5.02 Å². The Kier molecular flexibility index (Phi) is 13.4. The lowest BCUT2D eigenvalue weighted by atomic mass is 9.83. The molecule has 0 unspecified atom stereocenters. The highest BCUT2D eigenvalue weighted by atomic mass is 35.5. The first-order valence-electron chi connectivity index (χ1n) is 17.9. The van der Waals surface area contributed by atoms with Crippen molar-refractivity contribution < 1.29 is 43.2 Å². The van der Waals surface area contributed by atoms with E-state index in [4.69, 9.17) is 35.3 Å². The average Bonchev–Trinajstić information content (AvgIpc) is 3.78. The van der Waals surface area contributed by atoms with Crippen LogP contribution in [0.3, 0.4) is 0 Å². The van der Waals surface area contributed by atoms with Gasteiger partial charge in [0, 0.05) is 44.0 Å². The fraction of sp³-hybridized carbons (Fsp3) is 0.615. The number of thiol groups is 1. The monoisotopic (exact) mass is 777 g/mol. The first-order valence-corrected chi connectivity index (χ1v) is 18.7. The standard InChI is InChI=1S/C39H56ClN3O9S/c1-22-13-12-14-30(49-11)39(47)21-29(50-36(46)41-39)24(3)34-38(7,52-34)31(51-35(45)25(4)42(8)23(2)15-16-37(5,6)53)20-32(44)43(9)27-18-26(17-22)19-28(48-10)33(27)40/h12-14,18-19,24-25,29-31,34,47,53H,2,15-17,20-21H2,1,3-11H3,(H,41,46)/b14-12+,22-13+/t24-,25+,29+,30-,31+,34+,38+,39+/m1/s1. The third-order valence-corrected chi connectivity index (χ3v) is 11.3. The largest absolute Gasteiger partial charge is 0.495 e. The summed E-state index contributed by atoms with van der Waals surface area (Å²) >= 11 is 11.4. The Morgan fingerprint density at radius 1 is 1.30 bits per heavy atom. The Morgan fingerprint density at radius 2 is 1.98 bits per heavy atom. The van der Waals surface area contributed by atoms with E-state index in [1.807, 2.05) is 45.9 Å². The van der Waals surface area contributed by atoms with Gasteiger partial charge in [-0.3, -0.25) is 10.1 Å². The zero-order valence-corrected chi connectivity index (χ0v) is 34.2. The number of anilines is 1. The number of ether oxygens (including phenoxy) is 5. The van der Waals surface area contributed by atoms with Crippen LogP contribution in [-0.4, -0.2) is 103 Å². The molecule has 2 fully saturated rings. The van der Waals surface area contributed by atoms with E-state index in [-0.39, 0.29) is 28.5 Å². The van der Waals surface area contributed by atoms with Crippen molar-refractivity contribution in [3.8, 4) is 5.75 Å². The van der Waals surface area contributed by atoms with Crippen LogP contribution in [0, 0.1) is 5.92 Å². The minimum atomic E-state index is -1.80. The van der Waals surface area contributed by atoms with Gasteiger partial charge >= 0.3 is 12.1 Å². The van der Waals surface area contributed by atoms with Crippen LogP contribution >= 0.6 is 24.2 Å². The summed E-state index contributed by atoms with van der Waals surface area (Å²) in [6.45, 7) is 15.5. The molecule has 8 atom stereocenters. The van der Waals surface area contributed by atoms with E-state index in [1.165, 1.54) is 19.1 Å². The molecule has 12 nitrogen and oxygen atoms in total. The number of aliphatic hydroxyl groups is 1. The summed E-state index contributed by atoms with van der Waals surface area (Å²) in [5, 5.41) is 14.5. The minimum Gasteiger partial charge on any atom is -0.495 e. The molecule has 14 heteroatoms. The fourth-order valence-electron chi connectivity index (χ4n) is 6.90. The number of nitrogens with one attached hydrogen (secondary N) is 1. The molecule has 3 heterocycles. The van der Waals surface area contributed by atoms with E-state index in [1.54, 1.807) is 45.0 Å². The van der Waals surface area contributed by atoms with E-state index in [0.29, 0.717) is 24.3 Å². The molecule has 0 spiro atoms. The van der Waals surface area contributed by atoms with Crippen LogP contribution in [0.25, 0.3) is 0 Å². The number of carbonyl (C=O) groups is 3. The maximum Gasteiger partial charge on any atom is 0.409 e. The molecule has 2 N–H and O–H groups in total. The summed E-state index contributed by atoms with van der Waals surface area (Å²) in [6.07, 6.45) is 2.67. The van der Waals surface area contributed by atoms with Crippen LogP contribution in [-0.2, 0) is 35.0 Å². The number of carbonyl (C=O) groups excluding carboxylic acids is 3. The van der Waals surface area contributed by atoms with Gasteiger partial charge in [0.2, 0.25) is 5.91 Å². The fourth-order valence-corrected chi connectivity index (χ4v) is 7.33. The van der Waals surface area contributed by atoms with E-state index < -0.39 is 59.8 Å². The molecule has 294 valence electrons. The first kappa shape index (κ1) is 42.5. The van der Waals surface area contributed by atoms with Gasteiger partial charge in [-0.2, -0.15) is 12.6 Å². The van der Waals surface area contributed by atoms with Crippen molar-refractivity contribution in [3.63, 3.8) is 0 Å². The van der Waals surface area contributed by atoms with Crippen molar-refractivity contribution in [2.45, 2.75) is 120 Å². The van der Waals surface area contributed by atoms with Crippen molar-refractivity contribution in [2.75, 3.05) is 33.2 Å². The summed E-state index contributed by atoms with van der Waals surface area (Å²) in [6, 6.07) is 2.90. The molecule has 4 rings (SSSR count). The smallest absolute Gasteiger partial charge is 0.409 e. The number of amides is 2. The summed E-state index contributed by atoms with van der Waals surface area (Å²) in [5.74, 6) is -1.04. The number of alkyl carbamates (subject to hydrolysis) is 1. The van der Waals surface area contributed by atoms with Gasteiger partial charge in [-0.25, -0.2) is 9.59 Å². The number of rotatable bonds is 9. The number of likely N-dealkylation sites (N-methyl/N-ethyl adjacent to an activating group) is 1. The maximum absolute atomic E-state index is 14.2. The molecule has 0 aliphatic carbocycles. The number of fused-ring (bicyclic) bond motifs is 5. The number of allylic oxidation sites excluding steroid dienone is 4. The molecule has 3 aliphatic rings. The van der Waals surface area contributed by atoms with Crippen molar-refractivity contribution in [2.24, 2.45) is 5.92 Å². The van der Waals surface area contributed by atoms with Crippen LogP contribution < -0.4 is 15.0 Å². The van der Waals surface area contributed by atoms with Crippen molar-refractivity contribution in [1.29, 1.82) is 0 Å². The molecular formula is C39H56ClN3O9S. The summed E-state index contributed by atoms with van der Waals surface area (Å²) in [4.78, 5) is 44.1. The van der Waals surface area contributed by atoms with Crippen LogP contribution in [0.1, 0.15) is 72.8 Å². The Balaban J connectivity index is 1.74. The summed E-state index contributed by atoms with van der Waals surface area (Å²) < 4.78 is 29.2. The van der Waals surface area contributed by atoms with Crippen molar-refractivity contribution in [1.82, 2.24) is 10.2 Å². The quantitative estimate of drug-likeness (QED) is 0.156. The Hall–Kier alpha value is -3.23. The number of hydrogen-bond donors (Lipinski definition) is 3. The SMILES string of the molecule is C=C(CCC(C)(C)S)N(C)[C@@H](C)C(=O)O[C@H]1CC(=O)N(C)c2cc(cc(OC)c2Cl)C/C(C)=C/C=C/[C@@H](OC)[C@@]2(O)C[C@H](OC(=O)N2)[C@@H](C)[C@@H]2O[C@@]12C. The molecule has 2 saturated heterocycles. The van der Waals surface area contributed by atoms with Gasteiger partial charge in [-0.1, -0.05) is 62.8 Å². The zero-order valence-electron chi connectivity index (χ0n) is 32.5. The van der Waals surface area contributed by atoms with Gasteiger partial charge < -0.3 is 38.6 Å². The van der Waals surface area contributed by atoms with E-state index in [2.05, 4.69) is 24.5 Å². The van der Waals surface area contributed by atoms with Crippen molar-refractivity contribution in [3.05, 3.63) is 58.8 Å². The number of benzene rings is 1. The molecule has 1 aromatic carbocycles. The number of hydrogen-bond acceptors (Lipinski definition) is 11. The second-order valence-corrected chi connectivity index (χ2v) is 17.0. The summed E-state index contributed by atoms with van der Waals surface area (Å²) in [7, 11) is 6.34. The van der Waals surface area contributed by atoms with Gasteiger partial charge in [-0.05, 0) is 57.7 Å². The number of epoxide rings is 1. The number of esters is 1. The topological polar surface area (TPSA) is 139 Å². The van der Waals surface area contributed by atoms with Gasteiger partial charge in [0.15, 0.2) is 5.72 Å². The normalized spacial score (nSPS) is 31.5. The predicted molar refractivity (Wildman–Crippen MR) is 207 cm³/mol. The highest BCUT2D eigenvalue weighted by Crippen LogP contribution is 2.49. The first-order chi connectivity index (χ1) is 24.6. The number of methoxy groups -OCH3 is 2. The third-order valence-electron chi connectivity index (χ3n) is 10.7. The van der Waals surface area contributed by atoms with Crippen LogP contribution in [0.4, 0.5) is 10.5 Å². The molecule has 53 heavy (non-hydrogen) atoms. The lowest BCUT2D eigenvalue weighted by molar-refractivity contribution is -0.158. The molecular weight excluding hydrogens is 722 g/mol. The lowest BCUT2D eigenvalue weighted by Crippen LogP contribution is -2.63. The van der Waals surface area contributed by atoms with E-state index >= 15 is 0 Å². The maximum atomic E-state index is 14.2. The third kappa shape index (κ3) is 9.91. The lowest BCUT2D eigenvalue weighted by Gasteiger charge is -2.42. The Labute approximate surface area is 324 Å². The van der Waals surface area contributed by atoms with Crippen LogP contribution in [0.5, 0.6) is 5.75 Å². The molecule has 1 aromatic rings. The van der Waals surface area contributed by atoms with E-state index in [9.17, 15) is 19.5 Å². The number of halogens is 1. The Bertz CT molecular complexity index is 1630. The molecule has 0 radical (unpaired) electrons. The summed E-state index contributed by atoms with van der Waals surface area (Å²) in [5.41, 5.74) is -0.0139. The molecule has 2 amide bonds. The van der Waals surface area contributed by atoms with Gasteiger partial charge in [0.25, 0.3) is 0 Å². The molecule has 0 saturated carbocycles. The highest BCUT2D eigenvalue weighted by Gasteiger charge is 2.64. The zero-order chi connectivity index (χ0) is 39.6. The second kappa shape index (κ2) is 16.6. The highest BCUT2D eigenvalue weighted by molar-refractivity contribution is 7.81.